The number of pyridine rings is 1. The number of morpholine rings is 1. The zero-order valence-corrected chi connectivity index (χ0v) is 22.0. The molecule has 9 nitrogen and oxygen atoms in total. The van der Waals surface area contributed by atoms with Crippen LogP contribution in [0.1, 0.15) is 18.4 Å². The van der Waals surface area contributed by atoms with Crippen molar-refractivity contribution >= 4 is 45.5 Å². The van der Waals surface area contributed by atoms with Gasteiger partial charge in [0, 0.05) is 62.3 Å². The summed E-state index contributed by atoms with van der Waals surface area (Å²) in [6.07, 6.45) is 7.07. The van der Waals surface area contributed by atoms with Crippen molar-refractivity contribution in [3.8, 4) is 11.8 Å². The van der Waals surface area contributed by atoms with Crippen molar-refractivity contribution in [3.05, 3.63) is 65.1 Å². The van der Waals surface area contributed by atoms with Gasteiger partial charge in [0.1, 0.15) is 17.6 Å². The van der Waals surface area contributed by atoms with E-state index in [0.717, 1.165) is 26.3 Å². The predicted octanol–water partition coefficient (Wildman–Crippen LogP) is 4.97. The van der Waals surface area contributed by atoms with E-state index in [2.05, 4.69) is 26.6 Å². The number of phenols is 1. The van der Waals surface area contributed by atoms with Gasteiger partial charge < -0.3 is 25.2 Å². The lowest BCUT2D eigenvalue weighted by Gasteiger charge is -2.25. The van der Waals surface area contributed by atoms with Gasteiger partial charge in [-0.25, -0.2) is 4.39 Å². The van der Waals surface area contributed by atoms with Crippen molar-refractivity contribution in [1.29, 1.82) is 5.26 Å². The number of rotatable bonds is 6. The van der Waals surface area contributed by atoms with Crippen molar-refractivity contribution in [1.82, 2.24) is 9.88 Å². The van der Waals surface area contributed by atoms with E-state index in [1.807, 2.05) is 0 Å². The van der Waals surface area contributed by atoms with E-state index in [-0.39, 0.29) is 22.0 Å². The minimum Gasteiger partial charge on any atom is -0.506 e. The van der Waals surface area contributed by atoms with Crippen LogP contribution in [0.4, 0.5) is 21.5 Å². The summed E-state index contributed by atoms with van der Waals surface area (Å²) >= 11 is 5.88. The highest BCUT2D eigenvalue weighted by Gasteiger charge is 2.15. The lowest BCUT2D eigenvalue weighted by Crippen LogP contribution is -2.36. The van der Waals surface area contributed by atoms with E-state index in [0.29, 0.717) is 42.0 Å². The molecule has 0 aliphatic carbocycles. The molecule has 1 aromatic heterocycles. The average molecular weight is 554 g/mol. The maximum absolute atomic E-state index is 13.5. The first-order chi connectivity index (χ1) is 18.9. The summed E-state index contributed by atoms with van der Waals surface area (Å²) in [5, 5.41) is 26.1. The summed E-state index contributed by atoms with van der Waals surface area (Å²) in [6, 6.07) is 9.07. The zero-order chi connectivity index (χ0) is 27.6. The number of fused-ring (bicyclic) bond motifs is 1. The number of aromatic hydroxyl groups is 1. The lowest BCUT2D eigenvalue weighted by molar-refractivity contribution is -0.111. The van der Waals surface area contributed by atoms with Gasteiger partial charge in [0.25, 0.3) is 0 Å². The largest absolute Gasteiger partial charge is 0.506 e. The molecule has 39 heavy (non-hydrogen) atoms. The Bertz CT molecular complexity index is 1380. The number of phenolic OH excluding ortho intramolecular Hbond substituents is 1. The van der Waals surface area contributed by atoms with Crippen LogP contribution < -0.4 is 10.6 Å². The fourth-order valence-electron chi connectivity index (χ4n) is 4.04. The SMILES string of the molecule is C1CCOC1.N#Cc1cnc2cc(O)c(NC(=O)/C=C/CN3CCOCC3)cc2c1Nc1ccc(F)c(Cl)c1. The molecule has 11 heteroatoms. The third-order valence-electron chi connectivity index (χ3n) is 6.12. The zero-order valence-electron chi connectivity index (χ0n) is 21.3. The quantitative estimate of drug-likeness (QED) is 0.289. The molecule has 0 spiro atoms. The predicted molar refractivity (Wildman–Crippen MR) is 148 cm³/mol. The first kappa shape index (κ1) is 28.3. The Balaban J connectivity index is 0.000000634. The van der Waals surface area contributed by atoms with Crippen LogP contribution in [0, 0.1) is 17.1 Å². The van der Waals surface area contributed by atoms with Crippen LogP contribution in [0.3, 0.4) is 0 Å². The van der Waals surface area contributed by atoms with Gasteiger partial charge >= 0.3 is 0 Å². The summed E-state index contributed by atoms with van der Waals surface area (Å²) in [4.78, 5) is 18.8. The summed E-state index contributed by atoms with van der Waals surface area (Å²) in [5.41, 5.74) is 1.62. The third-order valence-corrected chi connectivity index (χ3v) is 6.41. The molecule has 2 fully saturated rings. The molecule has 3 heterocycles. The molecule has 2 aliphatic rings. The van der Waals surface area contributed by atoms with Gasteiger partial charge in [-0.3, -0.25) is 14.7 Å². The molecule has 0 atom stereocenters. The molecule has 2 aromatic carbocycles. The number of nitrogens with zero attached hydrogens (tertiary/aromatic N) is 3. The number of ether oxygens (including phenoxy) is 2. The first-order valence-corrected chi connectivity index (χ1v) is 13.0. The van der Waals surface area contributed by atoms with Gasteiger partial charge in [-0.15, -0.1) is 0 Å². The van der Waals surface area contributed by atoms with Crippen LogP contribution in [-0.4, -0.2) is 67.0 Å². The second kappa shape index (κ2) is 13.9. The highest BCUT2D eigenvalue weighted by molar-refractivity contribution is 6.31. The number of anilines is 3. The van der Waals surface area contributed by atoms with Crippen molar-refractivity contribution in [2.24, 2.45) is 0 Å². The standard InChI is InChI=1S/C24H21ClFN5O3.C4H8O/c25-18-10-16(3-4-19(18)26)29-24-15(13-27)14-28-20-12-22(32)21(11-17(20)24)30-23(33)2-1-5-31-6-8-34-9-7-31;1-2-4-5-3-1/h1-4,10-12,14,32H,5-9H2,(H,28,29)(H,30,33);1-4H2/b2-1+;. The number of hydrogen-bond donors (Lipinski definition) is 3. The second-order valence-electron chi connectivity index (χ2n) is 8.92. The van der Waals surface area contributed by atoms with Crippen molar-refractivity contribution in [3.63, 3.8) is 0 Å². The monoisotopic (exact) mass is 553 g/mol. The Morgan fingerprint density at radius 3 is 2.59 bits per heavy atom. The first-order valence-electron chi connectivity index (χ1n) is 12.6. The molecule has 0 saturated carbocycles. The summed E-state index contributed by atoms with van der Waals surface area (Å²) in [6.45, 7) is 5.57. The number of halogens is 2. The Morgan fingerprint density at radius 2 is 1.92 bits per heavy atom. The van der Waals surface area contributed by atoms with Gasteiger partial charge in [-0.2, -0.15) is 5.26 Å². The molecule has 0 unspecified atom stereocenters. The van der Waals surface area contributed by atoms with Crippen molar-refractivity contribution in [2.45, 2.75) is 12.8 Å². The molecule has 3 aromatic rings. The van der Waals surface area contributed by atoms with Crippen LogP contribution >= 0.6 is 11.6 Å². The lowest BCUT2D eigenvalue weighted by atomic mass is 10.1. The number of carbonyl (C=O) groups is 1. The van der Waals surface area contributed by atoms with E-state index >= 15 is 0 Å². The van der Waals surface area contributed by atoms with Crippen molar-refractivity contribution < 1.29 is 23.8 Å². The maximum atomic E-state index is 13.5. The number of carbonyl (C=O) groups excluding carboxylic acids is 1. The minimum absolute atomic E-state index is 0.0728. The van der Waals surface area contributed by atoms with Crippen LogP contribution in [0.15, 0.2) is 48.7 Å². The molecule has 0 bridgehead atoms. The number of benzene rings is 2. The summed E-state index contributed by atoms with van der Waals surface area (Å²) < 4.78 is 23.8. The van der Waals surface area contributed by atoms with E-state index in [9.17, 15) is 19.6 Å². The number of amides is 1. The summed E-state index contributed by atoms with van der Waals surface area (Å²) in [5.74, 6) is -1.15. The Morgan fingerprint density at radius 1 is 1.18 bits per heavy atom. The molecule has 1 amide bonds. The average Bonchev–Trinajstić information content (AvgIpc) is 3.53. The fraction of sp³-hybridized carbons (Fsp3) is 0.321. The van der Waals surface area contributed by atoms with E-state index < -0.39 is 11.7 Å². The maximum Gasteiger partial charge on any atom is 0.248 e. The third kappa shape index (κ3) is 7.88. The summed E-state index contributed by atoms with van der Waals surface area (Å²) in [7, 11) is 0. The normalized spacial score (nSPS) is 15.5. The molecule has 2 aliphatic heterocycles. The molecule has 2 saturated heterocycles. The van der Waals surface area contributed by atoms with Crippen LogP contribution in [0.2, 0.25) is 5.02 Å². The Labute approximate surface area is 230 Å². The molecule has 204 valence electrons. The van der Waals surface area contributed by atoms with E-state index in [1.54, 1.807) is 6.08 Å². The highest BCUT2D eigenvalue weighted by Crippen LogP contribution is 2.35. The fourth-order valence-corrected chi connectivity index (χ4v) is 4.22. The number of nitriles is 1. The van der Waals surface area contributed by atoms with Crippen LogP contribution in [0.5, 0.6) is 5.75 Å². The van der Waals surface area contributed by atoms with Gasteiger partial charge in [0.05, 0.1) is 40.7 Å². The number of hydrogen-bond acceptors (Lipinski definition) is 8. The molecule has 5 rings (SSSR count). The topological polar surface area (TPSA) is 120 Å². The smallest absolute Gasteiger partial charge is 0.248 e. The van der Waals surface area contributed by atoms with Gasteiger partial charge in [-0.1, -0.05) is 17.7 Å². The van der Waals surface area contributed by atoms with Crippen molar-refractivity contribution in [2.75, 3.05) is 56.7 Å². The Kier molecular flexibility index (Phi) is 10.1. The van der Waals surface area contributed by atoms with E-state index in [1.165, 1.54) is 55.4 Å². The van der Waals surface area contributed by atoms with E-state index in [4.69, 9.17) is 21.1 Å². The number of aromatic nitrogens is 1. The number of nitrogens with one attached hydrogen (secondary N) is 2. The van der Waals surface area contributed by atoms with Gasteiger partial charge in [0.2, 0.25) is 5.91 Å². The molecular formula is C28H29ClFN5O4. The molecule has 0 radical (unpaired) electrons. The molecule has 3 N–H and O–H groups in total. The Hall–Kier alpha value is -3.75. The molecular weight excluding hydrogens is 525 g/mol. The van der Waals surface area contributed by atoms with Gasteiger partial charge in [0.15, 0.2) is 0 Å². The van der Waals surface area contributed by atoms with Gasteiger partial charge in [-0.05, 0) is 37.1 Å². The van der Waals surface area contributed by atoms with Crippen LogP contribution in [-0.2, 0) is 14.3 Å². The second-order valence-corrected chi connectivity index (χ2v) is 9.33. The minimum atomic E-state index is -0.566. The highest BCUT2D eigenvalue weighted by atomic mass is 35.5. The van der Waals surface area contributed by atoms with Crippen LogP contribution in [0.25, 0.3) is 10.9 Å².